The van der Waals surface area contributed by atoms with E-state index in [9.17, 15) is 4.79 Å². The van der Waals surface area contributed by atoms with Gasteiger partial charge in [0.2, 0.25) is 5.91 Å². The summed E-state index contributed by atoms with van der Waals surface area (Å²) >= 11 is 0. The number of amides is 1. The largest absolute Gasteiger partial charge is 0.379 e. The lowest BCUT2D eigenvalue weighted by atomic mass is 9.97. The highest BCUT2D eigenvalue weighted by molar-refractivity contribution is 5.79. The van der Waals surface area contributed by atoms with E-state index in [1.165, 1.54) is 6.33 Å². The summed E-state index contributed by atoms with van der Waals surface area (Å²) in [5.41, 5.74) is 3.02. The zero-order valence-corrected chi connectivity index (χ0v) is 14.5. The number of hydrogen-bond donors (Lipinski definition) is 1. The minimum atomic E-state index is -0.0524. The maximum Gasteiger partial charge on any atom is 0.239 e. The average Bonchev–Trinajstić information content (AvgIpc) is 3.24. The highest BCUT2D eigenvalue weighted by atomic mass is 16.5. The van der Waals surface area contributed by atoms with E-state index >= 15 is 0 Å². The van der Waals surface area contributed by atoms with Gasteiger partial charge in [-0.1, -0.05) is 0 Å². The van der Waals surface area contributed by atoms with E-state index in [1.54, 1.807) is 11.0 Å². The van der Waals surface area contributed by atoms with Gasteiger partial charge in [-0.05, 0) is 25.0 Å². The molecule has 0 aromatic carbocycles. The number of aromatic nitrogens is 5. The molecule has 0 bridgehead atoms. The van der Waals surface area contributed by atoms with Crippen LogP contribution in [0, 0.1) is 5.92 Å². The molecule has 10 heteroatoms. The minimum Gasteiger partial charge on any atom is -0.379 e. The lowest BCUT2D eigenvalue weighted by molar-refractivity contribution is -0.132. The van der Waals surface area contributed by atoms with Gasteiger partial charge in [-0.2, -0.15) is 5.10 Å². The number of carbonyl (C=O) groups excluding carboxylic acids is 1. The van der Waals surface area contributed by atoms with Crippen LogP contribution < -0.4 is 10.3 Å². The zero-order valence-electron chi connectivity index (χ0n) is 14.5. The van der Waals surface area contributed by atoms with Crippen molar-refractivity contribution < 1.29 is 9.53 Å². The lowest BCUT2D eigenvalue weighted by Crippen LogP contribution is -2.52. The normalized spacial score (nSPS) is 21.5. The van der Waals surface area contributed by atoms with Gasteiger partial charge < -0.3 is 9.64 Å². The van der Waals surface area contributed by atoms with E-state index < -0.39 is 0 Å². The third-order valence-electron chi connectivity index (χ3n) is 4.69. The van der Waals surface area contributed by atoms with Gasteiger partial charge in [-0.15, -0.1) is 10.2 Å². The van der Waals surface area contributed by atoms with Crippen LogP contribution in [0.4, 0.5) is 5.82 Å². The zero-order chi connectivity index (χ0) is 17.8. The van der Waals surface area contributed by atoms with Gasteiger partial charge in [0.25, 0.3) is 0 Å². The summed E-state index contributed by atoms with van der Waals surface area (Å²) < 4.78 is 6.87. The molecule has 4 rings (SSSR count). The first-order valence-electron chi connectivity index (χ1n) is 8.86. The summed E-state index contributed by atoms with van der Waals surface area (Å²) in [6.45, 7) is 4.30. The minimum absolute atomic E-state index is 0.0524. The molecule has 1 amide bonds. The van der Waals surface area contributed by atoms with Crippen molar-refractivity contribution in [3.63, 3.8) is 0 Å². The SMILES string of the molecule is O=C(NN1CCOCC1)[C@H]1CCCN(c2ccc(-n3cncn3)nn2)C1. The van der Waals surface area contributed by atoms with Gasteiger partial charge in [0.1, 0.15) is 12.7 Å². The first-order valence-corrected chi connectivity index (χ1v) is 8.86. The van der Waals surface area contributed by atoms with Gasteiger partial charge in [0, 0.05) is 26.2 Å². The number of ether oxygens (including phenoxy) is 1. The molecule has 0 aliphatic carbocycles. The molecule has 1 N–H and O–H groups in total. The van der Waals surface area contributed by atoms with Gasteiger partial charge in [-0.3, -0.25) is 10.2 Å². The summed E-state index contributed by atoms with van der Waals surface area (Å²) in [6, 6.07) is 3.76. The number of anilines is 1. The third-order valence-corrected chi connectivity index (χ3v) is 4.69. The van der Waals surface area contributed by atoms with Crippen molar-refractivity contribution in [1.29, 1.82) is 0 Å². The molecule has 2 aliphatic heterocycles. The molecule has 2 saturated heterocycles. The number of carbonyl (C=O) groups is 1. The molecule has 0 unspecified atom stereocenters. The van der Waals surface area contributed by atoms with E-state index in [0.717, 1.165) is 38.3 Å². The van der Waals surface area contributed by atoms with Crippen molar-refractivity contribution in [2.45, 2.75) is 12.8 Å². The van der Waals surface area contributed by atoms with Crippen molar-refractivity contribution >= 4 is 11.7 Å². The van der Waals surface area contributed by atoms with Gasteiger partial charge in [0.15, 0.2) is 11.6 Å². The Hall–Kier alpha value is -2.59. The molecule has 2 aromatic rings. The maximum absolute atomic E-state index is 12.6. The van der Waals surface area contributed by atoms with E-state index in [-0.39, 0.29) is 11.8 Å². The van der Waals surface area contributed by atoms with Gasteiger partial charge >= 0.3 is 0 Å². The first kappa shape index (κ1) is 16.9. The number of hydrazine groups is 1. The van der Waals surface area contributed by atoms with Crippen molar-refractivity contribution in [1.82, 2.24) is 35.4 Å². The molecule has 138 valence electrons. The fourth-order valence-electron chi connectivity index (χ4n) is 3.26. The molecule has 2 aliphatic rings. The number of nitrogens with one attached hydrogen (secondary N) is 1. The average molecular weight is 358 g/mol. The van der Waals surface area contributed by atoms with E-state index in [0.29, 0.717) is 25.6 Å². The first-order chi connectivity index (χ1) is 12.8. The Morgan fingerprint density at radius 3 is 2.69 bits per heavy atom. The fourth-order valence-corrected chi connectivity index (χ4v) is 3.26. The quantitative estimate of drug-likeness (QED) is 0.791. The molecule has 0 saturated carbocycles. The Morgan fingerprint density at radius 1 is 1.15 bits per heavy atom. The molecule has 10 nitrogen and oxygen atoms in total. The van der Waals surface area contributed by atoms with Crippen LogP contribution in [0.5, 0.6) is 0 Å². The third kappa shape index (κ3) is 3.81. The molecular formula is C16H22N8O2. The van der Waals surface area contributed by atoms with E-state index in [2.05, 4.69) is 30.6 Å². The second kappa shape index (κ2) is 7.75. The fraction of sp³-hybridized carbons (Fsp3) is 0.562. The smallest absolute Gasteiger partial charge is 0.239 e. The molecule has 0 spiro atoms. The van der Waals surface area contributed by atoms with Crippen LogP contribution in [0.3, 0.4) is 0 Å². The molecule has 1 atom stereocenters. The number of piperidine rings is 1. The van der Waals surface area contributed by atoms with Crippen LogP contribution in [0.25, 0.3) is 5.82 Å². The molecule has 2 aromatic heterocycles. The Bertz CT molecular complexity index is 714. The van der Waals surface area contributed by atoms with Crippen molar-refractivity contribution in [2.75, 3.05) is 44.3 Å². The second-order valence-corrected chi connectivity index (χ2v) is 6.45. The van der Waals surface area contributed by atoms with Crippen LogP contribution >= 0.6 is 0 Å². The van der Waals surface area contributed by atoms with Gasteiger partial charge in [0.05, 0.1) is 19.1 Å². The number of rotatable bonds is 4. The number of nitrogens with zero attached hydrogens (tertiary/aromatic N) is 7. The maximum atomic E-state index is 12.6. The summed E-state index contributed by atoms with van der Waals surface area (Å²) in [6.07, 6.45) is 4.87. The topological polar surface area (TPSA) is 101 Å². The summed E-state index contributed by atoms with van der Waals surface area (Å²) in [4.78, 5) is 18.6. The molecule has 26 heavy (non-hydrogen) atoms. The summed E-state index contributed by atoms with van der Waals surface area (Å²) in [5.74, 6) is 1.41. The van der Waals surface area contributed by atoms with Crippen LogP contribution in [0.15, 0.2) is 24.8 Å². The standard InChI is InChI=1S/C16H22N8O2/c25-16(21-23-6-8-26-9-7-23)13-2-1-5-22(10-13)14-3-4-15(20-19-14)24-12-17-11-18-24/h3-4,11-13H,1-2,5-10H2,(H,21,25)/t13-/m0/s1. The van der Waals surface area contributed by atoms with Crippen molar-refractivity contribution in [2.24, 2.45) is 5.92 Å². The van der Waals surface area contributed by atoms with E-state index in [1.807, 2.05) is 17.1 Å². The molecule has 4 heterocycles. The van der Waals surface area contributed by atoms with Crippen molar-refractivity contribution in [3.05, 3.63) is 24.8 Å². The highest BCUT2D eigenvalue weighted by Crippen LogP contribution is 2.22. The monoisotopic (exact) mass is 358 g/mol. The number of hydrogen-bond acceptors (Lipinski definition) is 8. The van der Waals surface area contributed by atoms with Crippen LogP contribution in [-0.2, 0) is 9.53 Å². The lowest BCUT2D eigenvalue weighted by Gasteiger charge is -2.34. The van der Waals surface area contributed by atoms with Crippen LogP contribution in [0.1, 0.15) is 12.8 Å². The predicted octanol–water partition coefficient (Wildman–Crippen LogP) is -0.363. The highest BCUT2D eigenvalue weighted by Gasteiger charge is 2.28. The Balaban J connectivity index is 1.37. The second-order valence-electron chi connectivity index (χ2n) is 6.45. The van der Waals surface area contributed by atoms with Gasteiger partial charge in [-0.25, -0.2) is 14.7 Å². The van der Waals surface area contributed by atoms with Crippen LogP contribution in [0.2, 0.25) is 0 Å². The predicted molar refractivity (Wildman–Crippen MR) is 92.4 cm³/mol. The Morgan fingerprint density at radius 2 is 1.96 bits per heavy atom. The Labute approximate surface area is 151 Å². The Kier molecular flexibility index (Phi) is 5.02. The molecule has 0 radical (unpaired) electrons. The number of morpholine rings is 1. The van der Waals surface area contributed by atoms with Crippen LogP contribution in [-0.4, -0.2) is 75.3 Å². The summed E-state index contributed by atoms with van der Waals surface area (Å²) in [7, 11) is 0. The molecular weight excluding hydrogens is 336 g/mol. The van der Waals surface area contributed by atoms with E-state index in [4.69, 9.17) is 4.74 Å². The van der Waals surface area contributed by atoms with Crippen molar-refractivity contribution in [3.8, 4) is 5.82 Å². The summed E-state index contributed by atoms with van der Waals surface area (Å²) in [5, 5.41) is 14.5. The molecule has 2 fully saturated rings.